The fraction of sp³-hybridized carbons (Fsp3) is 0. The predicted molar refractivity (Wildman–Crippen MR) is 62.6 cm³/mol. The minimum atomic E-state index is -1.31. The molecule has 2 aromatic rings. The maximum absolute atomic E-state index is 11.7. The van der Waals surface area contributed by atoms with Crippen LogP contribution in [-0.2, 0) is 0 Å². The smallest absolute Gasteiger partial charge is 0.383 e. The molecule has 0 atom stereocenters. The van der Waals surface area contributed by atoms with Crippen molar-refractivity contribution < 1.29 is 24.0 Å². The molecule has 0 aliphatic carbocycles. The summed E-state index contributed by atoms with van der Waals surface area (Å²) in [4.78, 5) is 22.4. The Bertz CT molecular complexity index is 590. The first-order valence-corrected chi connectivity index (χ1v) is 5.53. The Morgan fingerprint density at radius 3 is 2.56 bits per heavy atom. The molecule has 1 aromatic carbocycles. The molecule has 0 bridgehead atoms. The van der Waals surface area contributed by atoms with E-state index in [9.17, 15) is 9.59 Å². The van der Waals surface area contributed by atoms with Crippen LogP contribution in [0.1, 0.15) is 20.9 Å². The lowest BCUT2D eigenvalue weighted by atomic mass is 10.2. The van der Waals surface area contributed by atoms with E-state index in [2.05, 4.69) is 25.6 Å². The number of esters is 1. The van der Waals surface area contributed by atoms with E-state index in [-0.39, 0.29) is 11.3 Å². The van der Waals surface area contributed by atoms with Crippen molar-refractivity contribution in [3.63, 3.8) is 0 Å². The molecule has 18 heavy (non-hydrogen) atoms. The zero-order chi connectivity index (χ0) is 13.1. The summed E-state index contributed by atoms with van der Waals surface area (Å²) in [6.45, 7) is 0. The minimum Gasteiger partial charge on any atom is -0.477 e. The highest BCUT2D eigenvalue weighted by molar-refractivity contribution is 9.10. The van der Waals surface area contributed by atoms with E-state index in [4.69, 9.17) is 9.84 Å². The maximum Gasteiger partial charge on any atom is 0.383 e. The zero-order valence-electron chi connectivity index (χ0n) is 8.79. The number of carboxylic acids is 1. The molecule has 1 N–H and O–H groups in total. The molecule has 0 fully saturated rings. The van der Waals surface area contributed by atoms with Crippen molar-refractivity contribution in [1.29, 1.82) is 0 Å². The normalized spacial score (nSPS) is 10.1. The number of hydrogen-bond donors (Lipinski definition) is 1. The fourth-order valence-corrected chi connectivity index (χ4v) is 1.46. The van der Waals surface area contributed by atoms with Gasteiger partial charge in [-0.3, -0.25) is 0 Å². The third-order valence-corrected chi connectivity index (χ3v) is 2.54. The number of aromatic carboxylic acids is 1. The summed E-state index contributed by atoms with van der Waals surface area (Å²) >= 11 is 3.23. The van der Waals surface area contributed by atoms with Gasteiger partial charge in [-0.2, -0.15) is 0 Å². The number of carbonyl (C=O) groups excluding carboxylic acids is 1. The van der Waals surface area contributed by atoms with Gasteiger partial charge < -0.3 is 14.4 Å². The van der Waals surface area contributed by atoms with Gasteiger partial charge in [0, 0.05) is 4.47 Å². The highest BCUT2D eigenvalue weighted by Gasteiger charge is 2.23. The molecule has 0 unspecified atom stereocenters. The van der Waals surface area contributed by atoms with Gasteiger partial charge in [0.05, 0.1) is 6.20 Å². The number of benzene rings is 1. The second-order valence-electron chi connectivity index (χ2n) is 3.22. The number of hydrogen-bond acceptors (Lipinski definition) is 5. The Morgan fingerprint density at radius 2 is 1.94 bits per heavy atom. The van der Waals surface area contributed by atoms with Crippen LogP contribution in [0.5, 0.6) is 5.75 Å². The van der Waals surface area contributed by atoms with Crippen molar-refractivity contribution in [2.45, 2.75) is 0 Å². The summed E-state index contributed by atoms with van der Waals surface area (Å²) in [5, 5.41) is 12.0. The molecule has 7 heteroatoms. The lowest BCUT2D eigenvalue weighted by Crippen LogP contribution is -2.12. The summed E-state index contributed by atoms with van der Waals surface area (Å²) < 4.78 is 10.3. The Balaban J connectivity index is 2.19. The van der Waals surface area contributed by atoms with Gasteiger partial charge in [-0.05, 0) is 24.3 Å². The van der Waals surface area contributed by atoms with Crippen LogP contribution in [0.4, 0.5) is 0 Å². The second kappa shape index (κ2) is 5.01. The largest absolute Gasteiger partial charge is 0.477 e. The van der Waals surface area contributed by atoms with Gasteiger partial charge in [-0.25, -0.2) is 9.59 Å². The monoisotopic (exact) mass is 311 g/mol. The highest BCUT2D eigenvalue weighted by Crippen LogP contribution is 2.18. The predicted octanol–water partition coefficient (Wildman–Crippen LogP) is 2.35. The molecule has 0 aliphatic heterocycles. The third kappa shape index (κ3) is 2.57. The van der Waals surface area contributed by atoms with Crippen LogP contribution in [0.2, 0.25) is 0 Å². The van der Waals surface area contributed by atoms with E-state index in [0.29, 0.717) is 0 Å². The van der Waals surface area contributed by atoms with Crippen molar-refractivity contribution in [2.75, 3.05) is 0 Å². The third-order valence-electron chi connectivity index (χ3n) is 2.01. The first-order valence-electron chi connectivity index (χ1n) is 4.73. The van der Waals surface area contributed by atoms with Gasteiger partial charge in [-0.15, -0.1) is 0 Å². The number of ether oxygens (including phenoxy) is 1. The molecule has 0 spiro atoms. The lowest BCUT2D eigenvalue weighted by Gasteiger charge is -2.02. The Hall–Kier alpha value is -2.15. The molecule has 0 aliphatic rings. The van der Waals surface area contributed by atoms with Crippen molar-refractivity contribution in [3.8, 4) is 5.75 Å². The first kappa shape index (κ1) is 12.3. The number of carboxylic acid groups (broad SMARTS) is 1. The van der Waals surface area contributed by atoms with Crippen molar-refractivity contribution in [1.82, 2.24) is 5.16 Å². The molecule has 0 saturated carbocycles. The van der Waals surface area contributed by atoms with Crippen LogP contribution >= 0.6 is 15.9 Å². The summed E-state index contributed by atoms with van der Waals surface area (Å²) in [7, 11) is 0. The minimum absolute atomic E-state index is 0.274. The lowest BCUT2D eigenvalue weighted by molar-refractivity contribution is 0.0644. The Labute approximate surface area is 109 Å². The summed E-state index contributed by atoms with van der Waals surface area (Å²) in [6.07, 6.45) is 0.945. The van der Waals surface area contributed by atoms with E-state index < -0.39 is 17.7 Å². The first-order chi connectivity index (χ1) is 8.58. The quantitative estimate of drug-likeness (QED) is 0.691. The van der Waals surface area contributed by atoms with Crippen molar-refractivity contribution in [3.05, 3.63) is 46.3 Å². The molecule has 92 valence electrons. The average molecular weight is 312 g/mol. The van der Waals surface area contributed by atoms with Crippen LogP contribution in [-0.4, -0.2) is 22.2 Å². The number of rotatable bonds is 3. The van der Waals surface area contributed by atoms with E-state index in [1.807, 2.05) is 0 Å². The Kier molecular flexibility index (Phi) is 3.42. The average Bonchev–Trinajstić information content (AvgIpc) is 2.81. The van der Waals surface area contributed by atoms with Gasteiger partial charge in [0.1, 0.15) is 11.3 Å². The van der Waals surface area contributed by atoms with Gasteiger partial charge in [0.25, 0.3) is 5.76 Å². The summed E-state index contributed by atoms with van der Waals surface area (Å²) in [5.74, 6) is -2.38. The molecule has 6 nitrogen and oxygen atoms in total. The molecular formula is C11H6BrNO5. The topological polar surface area (TPSA) is 89.6 Å². The molecule has 2 rings (SSSR count). The van der Waals surface area contributed by atoms with Crippen LogP contribution < -0.4 is 4.74 Å². The number of halogens is 1. The molecule has 0 radical (unpaired) electrons. The fourth-order valence-electron chi connectivity index (χ4n) is 1.20. The molecule has 1 heterocycles. The van der Waals surface area contributed by atoms with E-state index in [1.165, 1.54) is 0 Å². The molecule has 1 aromatic heterocycles. The zero-order valence-corrected chi connectivity index (χ0v) is 10.4. The standard InChI is InChI=1S/C11H6BrNO5/c12-6-1-3-7(4-2-6)17-11(16)9-8(10(14)15)5-13-18-9/h1-5H,(H,14,15). The van der Waals surface area contributed by atoms with Crippen LogP contribution in [0.3, 0.4) is 0 Å². The van der Waals surface area contributed by atoms with Crippen LogP contribution in [0, 0.1) is 0 Å². The second-order valence-corrected chi connectivity index (χ2v) is 4.13. The maximum atomic E-state index is 11.7. The number of nitrogens with zero attached hydrogens (tertiary/aromatic N) is 1. The molecule has 0 amide bonds. The summed E-state index contributed by atoms with van der Waals surface area (Å²) in [5.41, 5.74) is -0.336. The van der Waals surface area contributed by atoms with E-state index in [1.54, 1.807) is 24.3 Å². The molecule has 0 saturated heterocycles. The van der Waals surface area contributed by atoms with Crippen LogP contribution in [0.15, 0.2) is 39.5 Å². The summed E-state index contributed by atoms with van der Waals surface area (Å²) in [6, 6.07) is 6.47. The van der Waals surface area contributed by atoms with Crippen molar-refractivity contribution >= 4 is 27.9 Å². The molecular weight excluding hydrogens is 306 g/mol. The van der Waals surface area contributed by atoms with Gasteiger partial charge in [-0.1, -0.05) is 21.1 Å². The van der Waals surface area contributed by atoms with Gasteiger partial charge in [0.15, 0.2) is 0 Å². The Morgan fingerprint density at radius 1 is 1.28 bits per heavy atom. The SMILES string of the molecule is O=C(O)c1cnoc1C(=O)Oc1ccc(Br)cc1. The highest BCUT2D eigenvalue weighted by atomic mass is 79.9. The van der Waals surface area contributed by atoms with Gasteiger partial charge in [0.2, 0.25) is 0 Å². The van der Waals surface area contributed by atoms with E-state index in [0.717, 1.165) is 10.7 Å². The van der Waals surface area contributed by atoms with Crippen LogP contribution in [0.25, 0.3) is 0 Å². The van der Waals surface area contributed by atoms with Crippen molar-refractivity contribution in [2.24, 2.45) is 0 Å². The number of aromatic nitrogens is 1. The number of carbonyl (C=O) groups is 2. The van der Waals surface area contributed by atoms with Gasteiger partial charge >= 0.3 is 11.9 Å². The van der Waals surface area contributed by atoms with E-state index >= 15 is 0 Å².